The number of carbonyl (C=O) groups is 1. The standard InChI is InChI=1S/C16H22N4O2/c1-4-16(22,5-2)9-18-15(21)13-6-7-14(12(3)8-13)20-11-17-10-19-20/h6-8,10-11,22H,4-5,9H2,1-3H3,(H,18,21). The third kappa shape index (κ3) is 3.51. The molecule has 1 aromatic carbocycles. The fourth-order valence-electron chi connectivity index (χ4n) is 2.23. The Morgan fingerprint density at radius 2 is 2.09 bits per heavy atom. The number of nitrogens with zero attached hydrogens (tertiary/aromatic N) is 3. The fraction of sp³-hybridized carbons (Fsp3) is 0.438. The Labute approximate surface area is 130 Å². The molecule has 0 saturated carbocycles. The molecule has 6 nitrogen and oxygen atoms in total. The van der Waals surface area contributed by atoms with Gasteiger partial charge in [-0.3, -0.25) is 4.79 Å². The van der Waals surface area contributed by atoms with Crippen molar-refractivity contribution in [2.45, 2.75) is 39.2 Å². The summed E-state index contributed by atoms with van der Waals surface area (Å²) in [5.74, 6) is -0.187. The van der Waals surface area contributed by atoms with Crippen molar-refractivity contribution in [2.75, 3.05) is 6.54 Å². The molecule has 2 rings (SSSR count). The van der Waals surface area contributed by atoms with Crippen molar-refractivity contribution in [2.24, 2.45) is 0 Å². The summed E-state index contributed by atoms with van der Waals surface area (Å²) < 4.78 is 1.66. The van der Waals surface area contributed by atoms with Gasteiger partial charge in [0.1, 0.15) is 12.7 Å². The third-order valence-corrected chi connectivity index (χ3v) is 4.02. The zero-order valence-corrected chi connectivity index (χ0v) is 13.2. The van der Waals surface area contributed by atoms with Gasteiger partial charge in [0.15, 0.2) is 0 Å². The van der Waals surface area contributed by atoms with Crippen LogP contribution < -0.4 is 5.32 Å². The van der Waals surface area contributed by atoms with Crippen molar-refractivity contribution in [3.63, 3.8) is 0 Å². The predicted molar refractivity (Wildman–Crippen MR) is 84.0 cm³/mol. The van der Waals surface area contributed by atoms with Gasteiger partial charge in [0.2, 0.25) is 0 Å². The summed E-state index contributed by atoms with van der Waals surface area (Å²) in [7, 11) is 0. The summed E-state index contributed by atoms with van der Waals surface area (Å²) in [6.07, 6.45) is 4.29. The predicted octanol–water partition coefficient (Wildman–Crippen LogP) is 1.86. The first kappa shape index (κ1) is 16.2. The second-order valence-electron chi connectivity index (χ2n) is 5.46. The second kappa shape index (κ2) is 6.70. The Kier molecular flexibility index (Phi) is 4.92. The Balaban J connectivity index is 2.10. The van der Waals surface area contributed by atoms with E-state index in [2.05, 4.69) is 15.4 Å². The summed E-state index contributed by atoms with van der Waals surface area (Å²) in [6.45, 7) is 5.99. The van der Waals surface area contributed by atoms with Gasteiger partial charge < -0.3 is 10.4 Å². The molecule has 2 aromatic rings. The lowest BCUT2D eigenvalue weighted by molar-refractivity contribution is 0.0314. The average molecular weight is 302 g/mol. The molecular weight excluding hydrogens is 280 g/mol. The first-order valence-corrected chi connectivity index (χ1v) is 7.45. The summed E-state index contributed by atoms with van der Waals surface area (Å²) in [5.41, 5.74) is 1.54. The van der Waals surface area contributed by atoms with Gasteiger partial charge in [-0.1, -0.05) is 13.8 Å². The minimum atomic E-state index is -0.842. The Hall–Kier alpha value is -2.21. The monoisotopic (exact) mass is 302 g/mol. The lowest BCUT2D eigenvalue weighted by Crippen LogP contribution is -2.42. The van der Waals surface area contributed by atoms with Crippen molar-refractivity contribution in [1.82, 2.24) is 20.1 Å². The minimum Gasteiger partial charge on any atom is -0.388 e. The number of carbonyl (C=O) groups excluding carboxylic acids is 1. The topological polar surface area (TPSA) is 80.0 Å². The SMILES string of the molecule is CCC(O)(CC)CNC(=O)c1ccc(-n2cncn2)c(C)c1. The number of aryl methyl sites for hydroxylation is 1. The maximum absolute atomic E-state index is 12.2. The van der Waals surface area contributed by atoms with Crippen LogP contribution in [0.1, 0.15) is 42.6 Å². The molecule has 118 valence electrons. The van der Waals surface area contributed by atoms with E-state index in [9.17, 15) is 9.90 Å². The second-order valence-corrected chi connectivity index (χ2v) is 5.46. The average Bonchev–Trinajstić information content (AvgIpc) is 3.06. The van der Waals surface area contributed by atoms with Gasteiger partial charge in [0, 0.05) is 12.1 Å². The van der Waals surface area contributed by atoms with E-state index in [0.29, 0.717) is 18.4 Å². The van der Waals surface area contributed by atoms with Crippen LogP contribution >= 0.6 is 0 Å². The number of aromatic nitrogens is 3. The van der Waals surface area contributed by atoms with Gasteiger partial charge in [-0.15, -0.1) is 0 Å². The summed E-state index contributed by atoms with van der Waals surface area (Å²) in [4.78, 5) is 16.1. The molecule has 0 aliphatic rings. The smallest absolute Gasteiger partial charge is 0.251 e. The van der Waals surface area contributed by atoms with Gasteiger partial charge in [-0.2, -0.15) is 5.10 Å². The molecule has 0 spiro atoms. The molecule has 0 saturated heterocycles. The van der Waals surface area contributed by atoms with Gasteiger partial charge in [0.05, 0.1) is 11.3 Å². The normalized spacial score (nSPS) is 11.5. The van der Waals surface area contributed by atoms with Crippen LogP contribution in [0.2, 0.25) is 0 Å². The highest BCUT2D eigenvalue weighted by atomic mass is 16.3. The zero-order valence-electron chi connectivity index (χ0n) is 13.2. The van der Waals surface area contributed by atoms with Crippen LogP contribution in [0.4, 0.5) is 0 Å². The lowest BCUT2D eigenvalue weighted by Gasteiger charge is -2.25. The molecule has 0 aliphatic carbocycles. The highest BCUT2D eigenvalue weighted by Gasteiger charge is 2.23. The van der Waals surface area contributed by atoms with Gasteiger partial charge in [0.25, 0.3) is 5.91 Å². The molecular formula is C16H22N4O2. The fourth-order valence-corrected chi connectivity index (χ4v) is 2.23. The number of nitrogens with one attached hydrogen (secondary N) is 1. The Morgan fingerprint density at radius 1 is 1.36 bits per heavy atom. The van der Waals surface area contributed by atoms with Crippen LogP contribution in [0, 0.1) is 6.92 Å². The first-order valence-electron chi connectivity index (χ1n) is 7.45. The molecule has 1 aromatic heterocycles. The summed E-state index contributed by atoms with van der Waals surface area (Å²) in [5, 5.41) is 17.1. The molecule has 6 heteroatoms. The largest absolute Gasteiger partial charge is 0.388 e. The number of benzene rings is 1. The quantitative estimate of drug-likeness (QED) is 0.853. The van der Waals surface area contributed by atoms with E-state index >= 15 is 0 Å². The number of amides is 1. The molecule has 1 heterocycles. The van der Waals surface area contributed by atoms with Crippen molar-refractivity contribution < 1.29 is 9.90 Å². The maximum atomic E-state index is 12.2. The third-order valence-electron chi connectivity index (χ3n) is 4.02. The highest BCUT2D eigenvalue weighted by molar-refractivity contribution is 5.94. The maximum Gasteiger partial charge on any atom is 0.251 e. The van der Waals surface area contributed by atoms with Gasteiger partial charge in [-0.25, -0.2) is 9.67 Å². The number of hydrogen-bond donors (Lipinski definition) is 2. The van der Waals surface area contributed by atoms with Crippen LogP contribution in [0.15, 0.2) is 30.9 Å². The number of aliphatic hydroxyl groups is 1. The molecule has 1 amide bonds. The van der Waals surface area contributed by atoms with Crippen LogP contribution in [0.25, 0.3) is 5.69 Å². The van der Waals surface area contributed by atoms with E-state index < -0.39 is 5.60 Å². The molecule has 0 atom stereocenters. The molecule has 0 aliphatic heterocycles. The van der Waals surface area contributed by atoms with E-state index in [4.69, 9.17) is 0 Å². The highest BCUT2D eigenvalue weighted by Crippen LogP contribution is 2.16. The molecule has 0 unspecified atom stereocenters. The van der Waals surface area contributed by atoms with Crippen molar-refractivity contribution in [3.8, 4) is 5.69 Å². The zero-order chi connectivity index (χ0) is 16.2. The van der Waals surface area contributed by atoms with Crippen molar-refractivity contribution >= 4 is 5.91 Å². The van der Waals surface area contributed by atoms with E-state index in [1.54, 1.807) is 17.1 Å². The number of rotatable bonds is 6. The van der Waals surface area contributed by atoms with Gasteiger partial charge in [-0.05, 0) is 43.5 Å². The van der Waals surface area contributed by atoms with Crippen LogP contribution in [0.3, 0.4) is 0 Å². The van der Waals surface area contributed by atoms with Crippen molar-refractivity contribution in [3.05, 3.63) is 42.0 Å². The molecule has 0 radical (unpaired) electrons. The number of hydrogen-bond acceptors (Lipinski definition) is 4. The van der Waals surface area contributed by atoms with E-state index in [0.717, 1.165) is 11.3 Å². The Bertz CT molecular complexity index is 634. The molecule has 0 fully saturated rings. The summed E-state index contributed by atoms with van der Waals surface area (Å²) >= 11 is 0. The lowest BCUT2D eigenvalue weighted by atomic mass is 9.97. The Morgan fingerprint density at radius 3 is 2.64 bits per heavy atom. The van der Waals surface area contributed by atoms with Crippen LogP contribution in [-0.4, -0.2) is 37.9 Å². The van der Waals surface area contributed by atoms with Crippen LogP contribution in [0.5, 0.6) is 0 Å². The van der Waals surface area contributed by atoms with E-state index in [1.807, 2.05) is 32.9 Å². The van der Waals surface area contributed by atoms with E-state index in [1.165, 1.54) is 6.33 Å². The molecule has 22 heavy (non-hydrogen) atoms. The van der Waals surface area contributed by atoms with Crippen LogP contribution in [-0.2, 0) is 0 Å². The molecule has 2 N–H and O–H groups in total. The van der Waals surface area contributed by atoms with Gasteiger partial charge >= 0.3 is 0 Å². The van der Waals surface area contributed by atoms with E-state index in [-0.39, 0.29) is 12.5 Å². The first-order chi connectivity index (χ1) is 10.5. The molecule has 0 bridgehead atoms. The summed E-state index contributed by atoms with van der Waals surface area (Å²) in [6, 6.07) is 5.39. The minimum absolute atomic E-state index is 0.187. The van der Waals surface area contributed by atoms with Crippen molar-refractivity contribution in [1.29, 1.82) is 0 Å².